The summed E-state index contributed by atoms with van der Waals surface area (Å²) in [5.41, 5.74) is -1.04. The molecular formula is C13H14F3N5O2. The maximum atomic E-state index is 12.4. The lowest BCUT2D eigenvalue weighted by Gasteiger charge is -2.18. The highest BCUT2D eigenvalue weighted by Crippen LogP contribution is 2.27. The van der Waals surface area contributed by atoms with Crippen LogP contribution in [0, 0.1) is 0 Å². The number of aromatic nitrogens is 4. The van der Waals surface area contributed by atoms with Crippen LogP contribution in [0.4, 0.5) is 19.0 Å². The number of halogens is 3. The highest BCUT2D eigenvalue weighted by atomic mass is 19.4. The monoisotopic (exact) mass is 329 g/mol. The van der Waals surface area contributed by atoms with Crippen molar-refractivity contribution in [2.45, 2.75) is 31.5 Å². The van der Waals surface area contributed by atoms with E-state index < -0.39 is 11.9 Å². The van der Waals surface area contributed by atoms with Gasteiger partial charge in [0, 0.05) is 6.61 Å². The van der Waals surface area contributed by atoms with Crippen LogP contribution in [0.1, 0.15) is 36.2 Å². The van der Waals surface area contributed by atoms with E-state index >= 15 is 0 Å². The van der Waals surface area contributed by atoms with E-state index in [2.05, 4.69) is 25.7 Å². The molecule has 0 spiro atoms. The van der Waals surface area contributed by atoms with Crippen LogP contribution in [-0.2, 0) is 17.5 Å². The van der Waals surface area contributed by atoms with Gasteiger partial charge in [-0.2, -0.15) is 13.2 Å². The second kappa shape index (κ2) is 6.49. The van der Waals surface area contributed by atoms with Gasteiger partial charge in [0.15, 0.2) is 5.69 Å². The first-order chi connectivity index (χ1) is 11.0. The van der Waals surface area contributed by atoms with E-state index in [9.17, 15) is 13.2 Å². The van der Waals surface area contributed by atoms with Crippen molar-refractivity contribution in [1.29, 1.82) is 0 Å². The second-order valence-electron chi connectivity index (χ2n) is 5.10. The third-order valence-corrected chi connectivity index (χ3v) is 3.37. The van der Waals surface area contributed by atoms with Crippen LogP contribution in [0.5, 0.6) is 0 Å². The maximum absolute atomic E-state index is 12.4. The van der Waals surface area contributed by atoms with Gasteiger partial charge in [-0.25, -0.2) is 0 Å². The molecule has 0 aromatic carbocycles. The fourth-order valence-electron chi connectivity index (χ4n) is 2.18. The third kappa shape index (κ3) is 3.95. The average molecular weight is 329 g/mol. The molecule has 1 aliphatic rings. The molecule has 0 radical (unpaired) electrons. The fourth-order valence-corrected chi connectivity index (χ4v) is 2.18. The molecule has 1 unspecified atom stereocenters. The van der Waals surface area contributed by atoms with Gasteiger partial charge in [0.1, 0.15) is 5.82 Å². The molecular weight excluding hydrogens is 315 g/mol. The standard InChI is InChI=1S/C13H14F3N5O2/c14-13(15,16)9-3-4-10(19-18-9)17-6-11-20-21-12(23-11)8-2-1-5-22-7-8/h3-4,8H,1-2,5-7H2,(H,17,19). The van der Waals surface area contributed by atoms with E-state index in [1.54, 1.807) is 0 Å². The van der Waals surface area contributed by atoms with Crippen molar-refractivity contribution in [3.05, 3.63) is 29.6 Å². The summed E-state index contributed by atoms with van der Waals surface area (Å²) in [6, 6.07) is 2.05. The molecule has 23 heavy (non-hydrogen) atoms. The number of alkyl halides is 3. The summed E-state index contributed by atoms with van der Waals surface area (Å²) in [7, 11) is 0. The Morgan fingerprint density at radius 3 is 2.70 bits per heavy atom. The third-order valence-electron chi connectivity index (χ3n) is 3.37. The van der Waals surface area contributed by atoms with Crippen LogP contribution < -0.4 is 5.32 Å². The van der Waals surface area contributed by atoms with Gasteiger partial charge in [0.2, 0.25) is 11.8 Å². The lowest BCUT2D eigenvalue weighted by Crippen LogP contribution is -2.15. The van der Waals surface area contributed by atoms with E-state index in [1.165, 1.54) is 6.07 Å². The summed E-state index contributed by atoms with van der Waals surface area (Å²) < 4.78 is 48.0. The predicted molar refractivity (Wildman–Crippen MR) is 71.5 cm³/mol. The largest absolute Gasteiger partial charge is 0.435 e. The summed E-state index contributed by atoms with van der Waals surface area (Å²) in [5, 5.41) is 17.3. The van der Waals surface area contributed by atoms with Gasteiger partial charge in [-0.05, 0) is 25.0 Å². The van der Waals surface area contributed by atoms with Crippen molar-refractivity contribution in [2.75, 3.05) is 18.5 Å². The second-order valence-corrected chi connectivity index (χ2v) is 5.10. The minimum atomic E-state index is -4.50. The van der Waals surface area contributed by atoms with E-state index in [0.29, 0.717) is 18.4 Å². The van der Waals surface area contributed by atoms with Crippen molar-refractivity contribution in [3.8, 4) is 0 Å². The van der Waals surface area contributed by atoms with Gasteiger partial charge in [-0.1, -0.05) is 0 Å². The van der Waals surface area contributed by atoms with Crippen LogP contribution in [-0.4, -0.2) is 33.6 Å². The molecule has 7 nitrogen and oxygen atoms in total. The van der Waals surface area contributed by atoms with Crippen molar-refractivity contribution in [1.82, 2.24) is 20.4 Å². The van der Waals surface area contributed by atoms with Gasteiger partial charge in [0.25, 0.3) is 0 Å². The Labute approximate surface area is 129 Å². The Morgan fingerprint density at radius 1 is 1.17 bits per heavy atom. The molecule has 2 aromatic heterocycles. The van der Waals surface area contributed by atoms with Crippen molar-refractivity contribution >= 4 is 5.82 Å². The normalized spacial score (nSPS) is 18.8. The van der Waals surface area contributed by atoms with Gasteiger partial charge < -0.3 is 14.5 Å². The first kappa shape index (κ1) is 15.7. The minimum Gasteiger partial charge on any atom is -0.423 e. The zero-order valence-electron chi connectivity index (χ0n) is 12.0. The lowest BCUT2D eigenvalue weighted by atomic mass is 10.0. The molecule has 2 aromatic rings. The summed E-state index contributed by atoms with van der Waals surface area (Å²) in [4.78, 5) is 0. The van der Waals surface area contributed by atoms with Crippen LogP contribution in [0.25, 0.3) is 0 Å². The summed E-state index contributed by atoms with van der Waals surface area (Å²) in [6.07, 6.45) is -2.63. The Hall–Kier alpha value is -2.23. The predicted octanol–water partition coefficient (Wildman–Crippen LogP) is 2.38. The molecule has 3 heterocycles. The van der Waals surface area contributed by atoms with E-state index in [4.69, 9.17) is 9.15 Å². The summed E-state index contributed by atoms with van der Waals surface area (Å²) >= 11 is 0. The summed E-state index contributed by atoms with van der Waals surface area (Å²) in [5.74, 6) is 1.13. The van der Waals surface area contributed by atoms with Crippen molar-refractivity contribution in [3.63, 3.8) is 0 Å². The molecule has 0 aliphatic carbocycles. The number of hydrogen-bond acceptors (Lipinski definition) is 7. The average Bonchev–Trinajstić information content (AvgIpc) is 3.02. The number of nitrogens with zero attached hydrogens (tertiary/aromatic N) is 4. The number of hydrogen-bond donors (Lipinski definition) is 1. The number of ether oxygens (including phenoxy) is 1. The maximum Gasteiger partial charge on any atom is 0.435 e. The van der Waals surface area contributed by atoms with Crippen LogP contribution in [0.15, 0.2) is 16.5 Å². The molecule has 0 amide bonds. The zero-order valence-corrected chi connectivity index (χ0v) is 12.0. The quantitative estimate of drug-likeness (QED) is 0.921. The molecule has 0 saturated carbocycles. The van der Waals surface area contributed by atoms with Crippen LogP contribution in [0.2, 0.25) is 0 Å². The van der Waals surface area contributed by atoms with Gasteiger partial charge in [0.05, 0.1) is 19.1 Å². The number of rotatable bonds is 4. The summed E-state index contributed by atoms with van der Waals surface area (Å²) in [6.45, 7) is 1.45. The Kier molecular flexibility index (Phi) is 4.42. The molecule has 1 saturated heterocycles. The van der Waals surface area contributed by atoms with Gasteiger partial charge >= 0.3 is 6.18 Å². The van der Waals surface area contributed by atoms with Crippen LogP contribution >= 0.6 is 0 Å². The molecule has 1 N–H and O–H groups in total. The van der Waals surface area contributed by atoms with Crippen LogP contribution in [0.3, 0.4) is 0 Å². The zero-order chi connectivity index (χ0) is 16.3. The first-order valence-corrected chi connectivity index (χ1v) is 7.07. The van der Waals surface area contributed by atoms with Gasteiger partial charge in [-0.3, -0.25) is 0 Å². The highest BCUT2D eigenvalue weighted by Gasteiger charge is 2.32. The Morgan fingerprint density at radius 2 is 2.04 bits per heavy atom. The Bertz CT molecular complexity index is 638. The van der Waals surface area contributed by atoms with Crippen molar-refractivity contribution < 1.29 is 22.3 Å². The SMILES string of the molecule is FC(F)(F)c1ccc(NCc2nnc(C3CCCOC3)o2)nn1. The van der Waals surface area contributed by atoms with E-state index in [-0.39, 0.29) is 18.3 Å². The fraction of sp³-hybridized carbons (Fsp3) is 0.538. The highest BCUT2D eigenvalue weighted by molar-refractivity contribution is 5.33. The molecule has 3 rings (SSSR count). The minimum absolute atomic E-state index is 0.0934. The first-order valence-electron chi connectivity index (χ1n) is 7.07. The molecule has 1 aliphatic heterocycles. The van der Waals surface area contributed by atoms with E-state index in [0.717, 1.165) is 25.5 Å². The Balaban J connectivity index is 1.57. The number of nitrogens with one attached hydrogen (secondary N) is 1. The number of anilines is 1. The smallest absolute Gasteiger partial charge is 0.423 e. The lowest BCUT2D eigenvalue weighted by molar-refractivity contribution is -0.141. The van der Waals surface area contributed by atoms with Crippen molar-refractivity contribution in [2.24, 2.45) is 0 Å². The topological polar surface area (TPSA) is 86.0 Å². The van der Waals surface area contributed by atoms with Gasteiger partial charge in [-0.15, -0.1) is 20.4 Å². The molecule has 124 valence electrons. The molecule has 10 heteroatoms. The molecule has 1 fully saturated rings. The van der Waals surface area contributed by atoms with E-state index in [1.807, 2.05) is 0 Å². The molecule has 1 atom stereocenters. The molecule has 0 bridgehead atoms.